The Morgan fingerprint density at radius 1 is 1.25 bits per heavy atom. The highest BCUT2D eigenvalue weighted by Gasteiger charge is 2.28. The number of piperidine rings is 1. The van der Waals surface area contributed by atoms with E-state index in [2.05, 4.69) is 15.0 Å². The molecule has 1 unspecified atom stereocenters. The maximum Gasteiger partial charge on any atom is 0.303 e. The summed E-state index contributed by atoms with van der Waals surface area (Å²) < 4.78 is 5.54. The van der Waals surface area contributed by atoms with Crippen LogP contribution < -0.4 is 0 Å². The first kappa shape index (κ1) is 16.6. The molecule has 3 rings (SSSR count). The molecule has 0 aliphatic carbocycles. The molecule has 6 nitrogen and oxygen atoms in total. The van der Waals surface area contributed by atoms with Crippen LogP contribution in [0.3, 0.4) is 0 Å². The van der Waals surface area contributed by atoms with E-state index in [0.717, 1.165) is 44.3 Å². The molecule has 1 aromatic heterocycles. The number of carboxylic acid groups (broad SMARTS) is 1. The first-order valence-corrected chi connectivity index (χ1v) is 8.59. The monoisotopic (exact) mass is 329 g/mol. The molecule has 0 radical (unpaired) electrons. The van der Waals surface area contributed by atoms with E-state index in [9.17, 15) is 4.79 Å². The molecule has 1 saturated heterocycles. The van der Waals surface area contributed by atoms with Gasteiger partial charge in [0, 0.05) is 12.0 Å². The zero-order chi connectivity index (χ0) is 16.8. The van der Waals surface area contributed by atoms with Crippen molar-refractivity contribution in [3.8, 4) is 11.4 Å². The minimum Gasteiger partial charge on any atom is -0.481 e. The summed E-state index contributed by atoms with van der Waals surface area (Å²) in [6.07, 6.45) is 5.14. The molecular formula is C18H23N3O3. The van der Waals surface area contributed by atoms with E-state index in [1.807, 2.05) is 30.3 Å². The first-order valence-electron chi connectivity index (χ1n) is 8.59. The predicted octanol–water partition coefficient (Wildman–Crippen LogP) is 3.52. The van der Waals surface area contributed by atoms with Gasteiger partial charge in [-0.2, -0.15) is 4.98 Å². The van der Waals surface area contributed by atoms with Crippen molar-refractivity contribution >= 4 is 5.97 Å². The van der Waals surface area contributed by atoms with Crippen LogP contribution in [0.15, 0.2) is 34.9 Å². The molecule has 1 aliphatic heterocycles. The van der Waals surface area contributed by atoms with Crippen molar-refractivity contribution in [1.82, 2.24) is 15.0 Å². The summed E-state index contributed by atoms with van der Waals surface area (Å²) in [5.41, 5.74) is 0.955. The van der Waals surface area contributed by atoms with E-state index in [1.165, 1.54) is 0 Å². The zero-order valence-corrected chi connectivity index (χ0v) is 13.7. The number of hydrogen-bond donors (Lipinski definition) is 1. The molecule has 24 heavy (non-hydrogen) atoms. The van der Waals surface area contributed by atoms with Crippen LogP contribution in [0.5, 0.6) is 0 Å². The lowest BCUT2D eigenvalue weighted by molar-refractivity contribution is -0.137. The van der Waals surface area contributed by atoms with Gasteiger partial charge >= 0.3 is 5.97 Å². The Balaban J connectivity index is 1.65. The molecule has 6 heteroatoms. The molecule has 1 N–H and O–H groups in total. The zero-order valence-electron chi connectivity index (χ0n) is 13.7. The molecule has 1 aliphatic rings. The smallest absolute Gasteiger partial charge is 0.303 e. The second-order valence-corrected chi connectivity index (χ2v) is 6.22. The first-order chi connectivity index (χ1) is 11.7. The van der Waals surface area contributed by atoms with Crippen molar-refractivity contribution in [2.45, 2.75) is 44.6 Å². The highest BCUT2D eigenvalue weighted by Crippen LogP contribution is 2.31. The number of nitrogens with zero attached hydrogens (tertiary/aromatic N) is 3. The molecule has 128 valence electrons. The lowest BCUT2D eigenvalue weighted by Gasteiger charge is -2.33. The largest absolute Gasteiger partial charge is 0.481 e. The third-order valence-electron chi connectivity index (χ3n) is 4.46. The van der Waals surface area contributed by atoms with Crippen LogP contribution in [0.2, 0.25) is 0 Å². The third kappa shape index (κ3) is 4.20. The van der Waals surface area contributed by atoms with E-state index in [1.54, 1.807) is 0 Å². The molecule has 1 fully saturated rings. The Morgan fingerprint density at radius 2 is 2.08 bits per heavy atom. The second kappa shape index (κ2) is 8.06. The standard InChI is InChI=1S/C18H23N3O3/c22-16(23)11-5-7-13-21-12-6-4-10-15(21)18-19-17(20-24-18)14-8-2-1-3-9-14/h1-3,8-9,15H,4-7,10-13H2,(H,22,23). The van der Waals surface area contributed by atoms with E-state index in [-0.39, 0.29) is 12.5 Å². The van der Waals surface area contributed by atoms with Crippen molar-refractivity contribution in [1.29, 1.82) is 0 Å². The number of hydrogen-bond acceptors (Lipinski definition) is 5. The van der Waals surface area contributed by atoms with Crippen molar-refractivity contribution in [3.05, 3.63) is 36.2 Å². The number of rotatable bonds is 7. The van der Waals surface area contributed by atoms with Crippen LogP contribution in [0.25, 0.3) is 11.4 Å². The number of aliphatic carboxylic acids is 1. The van der Waals surface area contributed by atoms with E-state index in [0.29, 0.717) is 18.1 Å². The summed E-state index contributed by atoms with van der Waals surface area (Å²) in [7, 11) is 0. The summed E-state index contributed by atoms with van der Waals surface area (Å²) in [5, 5.41) is 12.9. The van der Waals surface area contributed by atoms with Crippen LogP contribution in [-0.4, -0.2) is 39.2 Å². The summed E-state index contributed by atoms with van der Waals surface area (Å²) in [6, 6.07) is 9.97. The molecule has 1 atom stereocenters. The van der Waals surface area contributed by atoms with Gasteiger partial charge in [-0.1, -0.05) is 41.9 Å². The van der Waals surface area contributed by atoms with Crippen LogP contribution >= 0.6 is 0 Å². The lowest BCUT2D eigenvalue weighted by atomic mass is 10.0. The minimum atomic E-state index is -0.727. The number of benzene rings is 1. The van der Waals surface area contributed by atoms with Gasteiger partial charge in [-0.3, -0.25) is 9.69 Å². The van der Waals surface area contributed by atoms with Crippen LogP contribution in [0.4, 0.5) is 0 Å². The van der Waals surface area contributed by atoms with Gasteiger partial charge < -0.3 is 9.63 Å². The molecule has 0 amide bonds. The van der Waals surface area contributed by atoms with Crippen molar-refractivity contribution in [3.63, 3.8) is 0 Å². The highest BCUT2D eigenvalue weighted by molar-refractivity contribution is 5.66. The van der Waals surface area contributed by atoms with Gasteiger partial charge in [-0.25, -0.2) is 0 Å². The van der Waals surface area contributed by atoms with Crippen molar-refractivity contribution in [2.24, 2.45) is 0 Å². The van der Waals surface area contributed by atoms with Gasteiger partial charge in [0.05, 0.1) is 6.04 Å². The Bertz CT molecular complexity index is 657. The number of carbonyl (C=O) groups is 1. The Labute approximate surface area is 141 Å². The fraction of sp³-hybridized carbons (Fsp3) is 0.500. The number of carboxylic acids is 1. The van der Waals surface area contributed by atoms with E-state index < -0.39 is 5.97 Å². The Hall–Kier alpha value is -2.21. The maximum absolute atomic E-state index is 10.6. The normalized spacial score (nSPS) is 18.6. The molecule has 0 saturated carbocycles. The number of unbranched alkanes of at least 4 members (excludes halogenated alkanes) is 1. The van der Waals surface area contributed by atoms with Gasteiger partial charge in [0.15, 0.2) is 0 Å². The average molecular weight is 329 g/mol. The van der Waals surface area contributed by atoms with Crippen LogP contribution in [0, 0.1) is 0 Å². The van der Waals surface area contributed by atoms with Gasteiger partial charge in [0.1, 0.15) is 0 Å². The van der Waals surface area contributed by atoms with Gasteiger partial charge in [0.25, 0.3) is 0 Å². The number of likely N-dealkylation sites (tertiary alicyclic amines) is 1. The quantitative estimate of drug-likeness (QED) is 0.783. The predicted molar refractivity (Wildman–Crippen MR) is 89.4 cm³/mol. The molecule has 2 heterocycles. The molecule has 1 aromatic carbocycles. The van der Waals surface area contributed by atoms with Gasteiger partial charge in [-0.05, 0) is 38.8 Å². The lowest BCUT2D eigenvalue weighted by Crippen LogP contribution is -2.34. The fourth-order valence-electron chi connectivity index (χ4n) is 3.20. The molecule has 0 spiro atoms. The summed E-state index contributed by atoms with van der Waals surface area (Å²) in [5.74, 6) is 0.573. The van der Waals surface area contributed by atoms with E-state index >= 15 is 0 Å². The van der Waals surface area contributed by atoms with Crippen LogP contribution in [-0.2, 0) is 4.79 Å². The Morgan fingerprint density at radius 3 is 2.88 bits per heavy atom. The minimum absolute atomic E-state index is 0.147. The van der Waals surface area contributed by atoms with E-state index in [4.69, 9.17) is 9.63 Å². The third-order valence-corrected chi connectivity index (χ3v) is 4.46. The van der Waals surface area contributed by atoms with Crippen molar-refractivity contribution < 1.29 is 14.4 Å². The van der Waals surface area contributed by atoms with Gasteiger partial charge in [-0.15, -0.1) is 0 Å². The second-order valence-electron chi connectivity index (χ2n) is 6.22. The summed E-state index contributed by atoms with van der Waals surface area (Å²) in [4.78, 5) is 17.6. The fourth-order valence-corrected chi connectivity index (χ4v) is 3.20. The summed E-state index contributed by atoms with van der Waals surface area (Å²) in [6.45, 7) is 1.88. The van der Waals surface area contributed by atoms with Gasteiger partial charge in [0.2, 0.25) is 11.7 Å². The highest BCUT2D eigenvalue weighted by atomic mass is 16.5. The molecular weight excluding hydrogens is 306 g/mol. The number of aromatic nitrogens is 2. The molecule has 0 bridgehead atoms. The Kier molecular flexibility index (Phi) is 5.59. The van der Waals surface area contributed by atoms with Crippen LogP contribution in [0.1, 0.15) is 50.5 Å². The molecule has 2 aromatic rings. The average Bonchev–Trinajstić information content (AvgIpc) is 3.10. The summed E-state index contributed by atoms with van der Waals surface area (Å²) >= 11 is 0. The maximum atomic E-state index is 10.6. The topological polar surface area (TPSA) is 79.5 Å². The SMILES string of the molecule is O=C(O)CCCCN1CCCCC1c1nc(-c2ccccc2)no1. The van der Waals surface area contributed by atoms with Crippen molar-refractivity contribution in [2.75, 3.05) is 13.1 Å².